The van der Waals surface area contributed by atoms with Gasteiger partial charge >= 0.3 is 87.4 Å². The molecule has 0 aromatic heterocycles. The molecular weight excluding hydrogens is 1160 g/mol. The molecule has 24 heteroatoms. The fraction of sp³-hybridized carbons (Fsp3) is 0.276. The Hall–Kier alpha value is -6.11. The number of nitrogens with zero attached hydrogens (tertiary/aromatic N) is 2. The first-order chi connectivity index (χ1) is 37.6. The second kappa shape index (κ2) is 25.8. The number of carbonyl (C=O) groups is 6. The number of halogens is 15. The third kappa shape index (κ3) is 13.6. The van der Waals surface area contributed by atoms with Crippen molar-refractivity contribution in [2.75, 3.05) is 0 Å². The Kier molecular flexibility index (Phi) is 21.0. The van der Waals surface area contributed by atoms with Crippen molar-refractivity contribution in [2.45, 2.75) is 102 Å². The number of rotatable bonds is 13. The van der Waals surface area contributed by atoms with Gasteiger partial charge in [0.1, 0.15) is 0 Å². The van der Waals surface area contributed by atoms with E-state index in [-0.39, 0.29) is 134 Å². The van der Waals surface area contributed by atoms with Gasteiger partial charge in [-0.2, -0.15) is 52.7 Å². The maximum atomic E-state index is 14.6. The van der Waals surface area contributed by atoms with Gasteiger partial charge in [-0.15, -0.1) is 11.6 Å². The van der Waals surface area contributed by atoms with Crippen molar-refractivity contribution in [1.29, 1.82) is 0 Å². The fourth-order valence-electron chi connectivity index (χ4n) is 9.03. The van der Waals surface area contributed by atoms with E-state index < -0.39 is 76.6 Å². The summed E-state index contributed by atoms with van der Waals surface area (Å²) in [5.74, 6) is -2.34. The molecule has 4 amide bonds. The van der Waals surface area contributed by atoms with Crippen LogP contribution in [0.4, 0.5) is 61.5 Å². The van der Waals surface area contributed by atoms with Crippen LogP contribution in [0.1, 0.15) is 132 Å². The maximum Gasteiger partial charge on any atom is 1.00 e. The minimum atomic E-state index is -6.24. The summed E-state index contributed by atoms with van der Waals surface area (Å²) < 4.78 is 187. The summed E-state index contributed by atoms with van der Waals surface area (Å²) in [6.07, 6.45) is -25.5. The molecule has 0 spiro atoms. The van der Waals surface area contributed by atoms with Gasteiger partial charge in [-0.25, -0.2) is 8.78 Å². The van der Waals surface area contributed by atoms with Gasteiger partial charge in [0.05, 0.1) is 29.5 Å². The number of carbonyl (C=O) groups excluding carboxylic acids is 6. The summed E-state index contributed by atoms with van der Waals surface area (Å²) in [6, 6.07) is 27.4. The Balaban J connectivity index is 0.000000256. The van der Waals surface area contributed by atoms with Gasteiger partial charge in [-0.3, -0.25) is 24.1 Å². The first kappa shape index (κ1) is 66.7. The average molecular weight is 1210 g/mol. The van der Waals surface area contributed by atoms with Crippen molar-refractivity contribution in [1.82, 2.24) is 4.90 Å². The second-order valence-electron chi connectivity index (χ2n) is 18.6. The quantitative estimate of drug-likeness (QED) is 0.0373. The van der Waals surface area contributed by atoms with Gasteiger partial charge in [0.15, 0.2) is 11.6 Å². The van der Waals surface area contributed by atoms with Crippen LogP contribution >= 0.6 is 11.6 Å². The fourth-order valence-corrected chi connectivity index (χ4v) is 9.20. The SMILES string of the molecule is CCc1cc(C(F)(C(F)(F)F)C(F)(F)F)cc(C)c1CC(=O)c1ccc(CCl)cc1.CCc1cc(C(F)(C(F)(F)F)C(F)(F)F)cc(C)c1CC(=O)c1ccc(CN2C(=O)c3ccccc3C2=O)cc1.O=C1[N-]C(=O)c2ccccc21.[K+]. The molecule has 428 valence electrons. The zero-order valence-electron chi connectivity index (χ0n) is 43.8. The van der Waals surface area contributed by atoms with Crippen LogP contribution in [0.15, 0.2) is 121 Å². The molecule has 0 unspecified atom stereocenters. The first-order valence-corrected chi connectivity index (χ1v) is 24.7. The topological polar surface area (TPSA) is 120 Å². The van der Waals surface area contributed by atoms with E-state index in [0.29, 0.717) is 57.6 Å². The van der Waals surface area contributed by atoms with Crippen molar-refractivity contribution < 1.29 is 142 Å². The zero-order chi connectivity index (χ0) is 60.4. The minimum Gasteiger partial charge on any atom is -0.587 e. The molecule has 0 atom stereocenters. The van der Waals surface area contributed by atoms with E-state index in [2.05, 4.69) is 5.32 Å². The number of imide groups is 2. The summed E-state index contributed by atoms with van der Waals surface area (Å²) in [6.45, 7) is 5.42. The Morgan fingerprint density at radius 3 is 1.10 bits per heavy atom. The Bertz CT molecular complexity index is 3320. The van der Waals surface area contributed by atoms with Crippen LogP contribution in [-0.4, -0.2) is 64.8 Å². The molecule has 2 aliphatic rings. The smallest absolute Gasteiger partial charge is 0.587 e. The van der Waals surface area contributed by atoms with Crippen LogP contribution in [0.3, 0.4) is 0 Å². The number of benzene rings is 6. The average Bonchev–Trinajstić information content (AvgIpc) is 3.83. The normalized spacial score (nSPS) is 13.5. The van der Waals surface area contributed by atoms with E-state index in [1.165, 1.54) is 64.1 Å². The molecule has 82 heavy (non-hydrogen) atoms. The predicted octanol–water partition coefficient (Wildman–Crippen LogP) is 12.4. The Morgan fingerprint density at radius 1 is 0.476 bits per heavy atom. The number of hydrogen-bond acceptors (Lipinski definition) is 6. The van der Waals surface area contributed by atoms with Crippen molar-refractivity contribution in [3.05, 3.63) is 216 Å². The Morgan fingerprint density at radius 2 is 0.793 bits per heavy atom. The molecule has 2 heterocycles. The number of fused-ring (bicyclic) bond motifs is 2. The van der Waals surface area contributed by atoms with Crippen LogP contribution < -0.4 is 51.4 Å². The number of Topliss-reactive ketones (excluding diaryl/α,β-unsaturated/α-hetero) is 2. The van der Waals surface area contributed by atoms with Crippen molar-refractivity contribution >= 4 is 46.8 Å². The zero-order valence-corrected chi connectivity index (χ0v) is 47.7. The van der Waals surface area contributed by atoms with Crippen molar-refractivity contribution in [2.24, 2.45) is 0 Å². The molecule has 0 N–H and O–H groups in total. The van der Waals surface area contributed by atoms with Crippen molar-refractivity contribution in [3.8, 4) is 0 Å². The third-order valence-corrected chi connectivity index (χ3v) is 13.7. The molecule has 8 rings (SSSR count). The second-order valence-corrected chi connectivity index (χ2v) is 18.9. The number of hydrogen-bond donors (Lipinski definition) is 0. The Labute approximate surface area is 507 Å². The van der Waals surface area contributed by atoms with E-state index in [1.54, 1.807) is 60.7 Å². The third-order valence-electron chi connectivity index (χ3n) is 13.4. The molecule has 6 aromatic rings. The van der Waals surface area contributed by atoms with E-state index in [4.69, 9.17) is 11.6 Å². The van der Waals surface area contributed by atoms with E-state index in [1.807, 2.05) is 0 Å². The summed E-state index contributed by atoms with van der Waals surface area (Å²) >= 11 is 5.69. The van der Waals surface area contributed by atoms with Gasteiger partial charge in [-0.1, -0.05) is 123 Å². The van der Waals surface area contributed by atoms with Crippen LogP contribution in [0.5, 0.6) is 0 Å². The molecule has 0 bridgehead atoms. The van der Waals surface area contributed by atoms with Gasteiger partial charge < -0.3 is 14.9 Å². The van der Waals surface area contributed by atoms with Crippen LogP contribution in [0, 0.1) is 13.8 Å². The van der Waals surface area contributed by atoms with E-state index >= 15 is 0 Å². The standard InChI is InChI=1S/C29H22F7NO3.C21H18ClF7O.C8H5NO2.K/c1-3-18-13-20(27(30,28(31,32)33)29(34,35)36)12-16(2)23(18)14-24(38)19-10-8-17(9-11-19)15-37-25(39)21-6-4-5-7-22(21)26(37)40;1-3-14-9-16(19(23,20(24,25)26)21(27,28)29)8-12(2)17(14)10-18(30)15-6-4-13(11-22)5-7-15;10-7-5-3-1-2-4-6(5)8(11)9-7;/h4-13H,3,14-15H2,1-2H3;4-9H,3,10-11H2,1-2H3;1-4H,(H,9,10,11);/q;;;+1/p-1. The molecule has 8 nitrogen and oxygen atoms in total. The molecular formula is C58H44ClF14KN2O6. The number of ketones is 2. The molecule has 0 saturated heterocycles. The van der Waals surface area contributed by atoms with Crippen LogP contribution in [-0.2, 0) is 49.4 Å². The summed E-state index contributed by atoms with van der Waals surface area (Å²) in [4.78, 5) is 73.6. The predicted molar refractivity (Wildman–Crippen MR) is 269 cm³/mol. The maximum absolute atomic E-state index is 14.6. The molecule has 0 fully saturated rings. The van der Waals surface area contributed by atoms with Crippen LogP contribution in [0.25, 0.3) is 5.32 Å². The summed E-state index contributed by atoms with van der Waals surface area (Å²) in [5, 5.41) is 3.28. The largest absolute Gasteiger partial charge is 1.00 e. The molecule has 6 aromatic carbocycles. The van der Waals surface area contributed by atoms with Gasteiger partial charge in [-0.05, 0) is 83.3 Å². The van der Waals surface area contributed by atoms with Crippen LogP contribution in [0.2, 0.25) is 0 Å². The summed E-state index contributed by atoms with van der Waals surface area (Å²) in [5.41, 5.74) is -10.5. The van der Waals surface area contributed by atoms with E-state index in [0.717, 1.165) is 10.5 Å². The summed E-state index contributed by atoms with van der Waals surface area (Å²) in [7, 11) is 0. The van der Waals surface area contributed by atoms with Gasteiger partial charge in [0, 0.05) is 52.1 Å². The molecule has 0 saturated carbocycles. The number of alkyl halides is 15. The van der Waals surface area contributed by atoms with Gasteiger partial charge in [0.25, 0.3) is 11.8 Å². The molecule has 0 radical (unpaired) electrons. The first-order valence-electron chi connectivity index (χ1n) is 24.2. The molecule has 2 aliphatic heterocycles. The molecule has 0 aliphatic carbocycles. The minimum absolute atomic E-state index is 0. The van der Waals surface area contributed by atoms with E-state index in [9.17, 15) is 90.2 Å². The number of aryl methyl sites for hydroxylation is 4. The number of amides is 4. The van der Waals surface area contributed by atoms with Gasteiger partial charge in [0.2, 0.25) is 0 Å². The monoisotopic (exact) mass is 1200 g/mol. The van der Waals surface area contributed by atoms with Crippen molar-refractivity contribution in [3.63, 3.8) is 0 Å².